The van der Waals surface area contributed by atoms with Gasteiger partial charge in [0.2, 0.25) is 0 Å². The Bertz CT molecular complexity index is 1030. The third-order valence-electron chi connectivity index (χ3n) is 11.0. The van der Waals surface area contributed by atoms with Crippen molar-refractivity contribution in [3.63, 3.8) is 0 Å². The molecule has 4 bridgehead atoms. The summed E-state index contributed by atoms with van der Waals surface area (Å²) in [5.41, 5.74) is -4.09. The summed E-state index contributed by atoms with van der Waals surface area (Å²) in [5.74, 6) is -1.72. The van der Waals surface area contributed by atoms with Crippen molar-refractivity contribution in [3.8, 4) is 0 Å². The van der Waals surface area contributed by atoms with Gasteiger partial charge in [0.15, 0.2) is 11.6 Å². The van der Waals surface area contributed by atoms with Crippen molar-refractivity contribution in [1.82, 2.24) is 0 Å². The van der Waals surface area contributed by atoms with Gasteiger partial charge in [-0.3, -0.25) is 14.4 Å². The van der Waals surface area contributed by atoms with Crippen molar-refractivity contribution in [3.05, 3.63) is 12.2 Å². The van der Waals surface area contributed by atoms with Gasteiger partial charge in [-0.05, 0) is 63.2 Å². The van der Waals surface area contributed by atoms with Crippen LogP contribution in [-0.2, 0) is 28.7 Å². The van der Waals surface area contributed by atoms with Crippen LogP contribution in [-0.4, -0.2) is 35.7 Å². The molecule has 8 atom stereocenters. The van der Waals surface area contributed by atoms with Gasteiger partial charge in [-0.2, -0.15) is 0 Å². The molecule has 0 aromatic heterocycles. The first-order valence-electron chi connectivity index (χ1n) is 11.5. The fourth-order valence-corrected chi connectivity index (χ4v) is 10.1. The summed E-state index contributed by atoms with van der Waals surface area (Å²) >= 11 is 0. The van der Waals surface area contributed by atoms with E-state index in [0.29, 0.717) is 12.8 Å². The number of fused-ring (bicyclic) bond motifs is 2. The first-order valence-corrected chi connectivity index (χ1v) is 11.5. The van der Waals surface area contributed by atoms with Crippen LogP contribution in [0.4, 0.5) is 0 Å². The van der Waals surface area contributed by atoms with E-state index < -0.39 is 33.7 Å². The molecular formula is C25H30O6. The number of ketones is 2. The second-order valence-electron chi connectivity index (χ2n) is 12.3. The van der Waals surface area contributed by atoms with Gasteiger partial charge in [0.25, 0.3) is 0 Å². The van der Waals surface area contributed by atoms with Gasteiger partial charge in [-0.15, -0.1) is 0 Å². The SMILES string of the molecule is CC1(C)OC(=O)C=C[C@@]2(C)C1CC[C@@]13C[C@@]4(C)C(=O)[C@@H]5C(=O)OC[C@]51[C@@](C)(C[C@H]32)C4=O. The van der Waals surface area contributed by atoms with Gasteiger partial charge in [-0.25, -0.2) is 4.79 Å². The number of esters is 2. The quantitative estimate of drug-likeness (QED) is 0.437. The predicted octanol–water partition coefficient (Wildman–Crippen LogP) is 3.03. The average Bonchev–Trinajstić information content (AvgIpc) is 3.09. The molecule has 166 valence electrons. The molecule has 2 heterocycles. The van der Waals surface area contributed by atoms with E-state index in [2.05, 4.69) is 6.92 Å². The van der Waals surface area contributed by atoms with E-state index in [9.17, 15) is 19.2 Å². The monoisotopic (exact) mass is 426 g/mol. The third-order valence-corrected chi connectivity index (χ3v) is 11.0. The molecule has 7 rings (SSSR count). The van der Waals surface area contributed by atoms with Crippen LogP contribution in [0.5, 0.6) is 0 Å². The molecule has 6 heteroatoms. The first-order chi connectivity index (χ1) is 14.3. The van der Waals surface area contributed by atoms with E-state index >= 15 is 0 Å². The van der Waals surface area contributed by atoms with Crippen molar-refractivity contribution in [1.29, 1.82) is 0 Å². The normalized spacial score (nSPS) is 55.8. The lowest BCUT2D eigenvalue weighted by molar-refractivity contribution is -0.217. The number of rotatable bonds is 0. The van der Waals surface area contributed by atoms with Crippen LogP contribution in [0, 0.1) is 44.8 Å². The van der Waals surface area contributed by atoms with Crippen molar-refractivity contribution in [2.75, 3.05) is 6.61 Å². The maximum absolute atomic E-state index is 13.9. The Kier molecular flexibility index (Phi) is 3.17. The zero-order chi connectivity index (χ0) is 22.4. The topological polar surface area (TPSA) is 86.7 Å². The number of hydrogen-bond acceptors (Lipinski definition) is 6. The highest BCUT2D eigenvalue weighted by Gasteiger charge is 2.90. The van der Waals surface area contributed by atoms with E-state index in [1.165, 1.54) is 0 Å². The third kappa shape index (κ3) is 1.69. The molecule has 6 nitrogen and oxygen atoms in total. The highest BCUT2D eigenvalue weighted by molar-refractivity contribution is 6.20. The van der Waals surface area contributed by atoms with E-state index in [1.807, 2.05) is 26.8 Å². The molecule has 5 saturated carbocycles. The average molecular weight is 427 g/mol. The van der Waals surface area contributed by atoms with Gasteiger partial charge in [0.05, 0.1) is 12.0 Å². The lowest BCUT2D eigenvalue weighted by Gasteiger charge is -2.67. The van der Waals surface area contributed by atoms with Crippen LogP contribution >= 0.6 is 0 Å². The van der Waals surface area contributed by atoms with Crippen molar-refractivity contribution < 1.29 is 28.7 Å². The minimum absolute atomic E-state index is 0.0103. The fourth-order valence-electron chi connectivity index (χ4n) is 10.1. The minimum Gasteiger partial charge on any atom is -0.464 e. The molecule has 2 aliphatic heterocycles. The maximum atomic E-state index is 13.9. The summed E-state index contributed by atoms with van der Waals surface area (Å²) in [7, 11) is 0. The smallest absolute Gasteiger partial charge is 0.330 e. The second-order valence-corrected chi connectivity index (χ2v) is 12.3. The Morgan fingerprint density at radius 3 is 2.42 bits per heavy atom. The summed E-state index contributed by atoms with van der Waals surface area (Å²) in [5, 5.41) is 0. The number of carbonyl (C=O) groups is 4. The summed E-state index contributed by atoms with van der Waals surface area (Å²) in [6, 6.07) is 0. The largest absolute Gasteiger partial charge is 0.464 e. The zero-order valence-electron chi connectivity index (χ0n) is 18.9. The maximum Gasteiger partial charge on any atom is 0.330 e. The van der Waals surface area contributed by atoms with E-state index in [1.54, 1.807) is 13.0 Å². The number of cyclic esters (lactones) is 2. The molecule has 1 unspecified atom stereocenters. The first kappa shape index (κ1) is 19.7. The Morgan fingerprint density at radius 1 is 1.00 bits per heavy atom. The molecule has 0 radical (unpaired) electrons. The minimum atomic E-state index is -1.14. The van der Waals surface area contributed by atoms with Crippen LogP contribution in [0.2, 0.25) is 0 Å². The molecule has 31 heavy (non-hydrogen) atoms. The molecule has 0 N–H and O–H groups in total. The Balaban J connectivity index is 1.63. The fraction of sp³-hybridized carbons (Fsp3) is 0.760. The van der Waals surface area contributed by atoms with Gasteiger partial charge >= 0.3 is 11.9 Å². The molecule has 0 amide bonds. The van der Waals surface area contributed by atoms with Crippen LogP contribution in [0.1, 0.15) is 60.3 Å². The summed E-state index contributed by atoms with van der Waals surface area (Å²) in [6.45, 7) is 10.1. The van der Waals surface area contributed by atoms with E-state index in [0.717, 1.165) is 12.8 Å². The van der Waals surface area contributed by atoms with E-state index in [4.69, 9.17) is 9.47 Å². The second kappa shape index (κ2) is 4.99. The standard InChI is InChI=1S/C25H30O6/c1-20(2)13-6-9-24-11-22(4)17(27)16-18(28)30-12-25(16,24)23(5,19(22)29)10-14(24)21(13,3)8-7-15(26)31-20/h7-8,13-14,16H,6,9-12H2,1-5H3/t13?,14-,16+,21-,22-,23-,24-,25+/m0/s1. The summed E-state index contributed by atoms with van der Waals surface area (Å²) in [6.07, 6.45) is 6.28. The Labute approximate surface area is 182 Å². The summed E-state index contributed by atoms with van der Waals surface area (Å²) < 4.78 is 11.4. The van der Waals surface area contributed by atoms with Gasteiger partial charge < -0.3 is 9.47 Å². The lowest BCUT2D eigenvalue weighted by Crippen LogP contribution is -2.74. The van der Waals surface area contributed by atoms with Gasteiger partial charge in [-0.1, -0.05) is 19.9 Å². The van der Waals surface area contributed by atoms with Crippen molar-refractivity contribution in [2.45, 2.75) is 65.9 Å². The number of ether oxygens (including phenoxy) is 2. The number of Topliss-reactive ketones (excluding diaryl/α,β-unsaturated/α-hetero) is 2. The molecule has 2 spiro atoms. The predicted molar refractivity (Wildman–Crippen MR) is 108 cm³/mol. The van der Waals surface area contributed by atoms with Crippen LogP contribution in [0.25, 0.3) is 0 Å². The molecule has 7 aliphatic rings. The molecule has 5 aliphatic carbocycles. The summed E-state index contributed by atoms with van der Waals surface area (Å²) in [4.78, 5) is 52.7. The van der Waals surface area contributed by atoms with Gasteiger partial charge in [0, 0.05) is 22.8 Å². The molecule has 6 fully saturated rings. The zero-order valence-corrected chi connectivity index (χ0v) is 18.9. The van der Waals surface area contributed by atoms with E-state index in [-0.39, 0.29) is 46.8 Å². The molecular weight excluding hydrogens is 396 g/mol. The highest BCUT2D eigenvalue weighted by Crippen LogP contribution is 2.86. The highest BCUT2D eigenvalue weighted by atomic mass is 16.6. The number of allylic oxidation sites excluding steroid dienone is 1. The van der Waals surface area contributed by atoms with Crippen LogP contribution < -0.4 is 0 Å². The molecule has 0 aromatic carbocycles. The van der Waals surface area contributed by atoms with Crippen LogP contribution in [0.3, 0.4) is 0 Å². The Morgan fingerprint density at radius 2 is 1.71 bits per heavy atom. The lowest BCUT2D eigenvalue weighted by atomic mass is 9.32. The molecule has 1 saturated heterocycles. The Hall–Kier alpha value is -1.98. The van der Waals surface area contributed by atoms with Crippen molar-refractivity contribution in [2.24, 2.45) is 44.8 Å². The van der Waals surface area contributed by atoms with Crippen LogP contribution in [0.15, 0.2) is 12.2 Å². The number of carbonyl (C=O) groups excluding carboxylic acids is 4. The van der Waals surface area contributed by atoms with Gasteiger partial charge in [0.1, 0.15) is 11.5 Å². The van der Waals surface area contributed by atoms with Crippen molar-refractivity contribution >= 4 is 23.5 Å². The number of hydrogen-bond donors (Lipinski definition) is 0. The molecule has 0 aromatic rings.